The normalized spacial score (nSPS) is 26.3. The molecule has 0 bridgehead atoms. The van der Waals surface area contributed by atoms with Crippen LogP contribution < -0.4 is 0 Å². The molecule has 94 valence electrons. The van der Waals surface area contributed by atoms with Crippen molar-refractivity contribution in [1.29, 1.82) is 0 Å². The predicted molar refractivity (Wildman–Crippen MR) is 65.8 cm³/mol. The van der Waals surface area contributed by atoms with Crippen LogP contribution in [-0.2, 0) is 10.0 Å². The molecule has 0 atom stereocenters. The Morgan fingerprint density at radius 3 is 2.12 bits per heavy atom. The second-order valence-corrected chi connectivity index (χ2v) is 7.42. The Kier molecular flexibility index (Phi) is 3.90. The van der Waals surface area contributed by atoms with E-state index >= 15 is 0 Å². The van der Waals surface area contributed by atoms with E-state index in [9.17, 15) is 8.42 Å². The number of nitrogens with zero attached hydrogens (tertiary/aromatic N) is 1. The predicted octanol–water partition coefficient (Wildman–Crippen LogP) is 2.38. The van der Waals surface area contributed by atoms with Crippen molar-refractivity contribution < 1.29 is 8.42 Å². The first-order valence-corrected chi connectivity index (χ1v) is 8.14. The van der Waals surface area contributed by atoms with E-state index in [-0.39, 0.29) is 5.25 Å². The summed E-state index contributed by atoms with van der Waals surface area (Å²) < 4.78 is 26.4. The Bertz CT molecular complexity index is 312. The lowest BCUT2D eigenvalue weighted by molar-refractivity contribution is 0.267. The van der Waals surface area contributed by atoms with Gasteiger partial charge in [-0.25, -0.2) is 12.7 Å². The molecule has 16 heavy (non-hydrogen) atoms. The van der Waals surface area contributed by atoms with Gasteiger partial charge in [0, 0.05) is 13.1 Å². The third kappa shape index (κ3) is 2.43. The molecule has 0 aromatic heterocycles. The highest BCUT2D eigenvalue weighted by atomic mass is 32.2. The summed E-state index contributed by atoms with van der Waals surface area (Å²) >= 11 is 0. The molecule has 2 rings (SSSR count). The van der Waals surface area contributed by atoms with E-state index in [1.54, 1.807) is 4.31 Å². The van der Waals surface area contributed by atoms with Crippen LogP contribution in [0.25, 0.3) is 0 Å². The summed E-state index contributed by atoms with van der Waals surface area (Å²) in [5.74, 6) is 0.745. The van der Waals surface area contributed by atoms with Crippen LogP contribution in [0.15, 0.2) is 0 Å². The molecular formula is C12H23NO2S. The topological polar surface area (TPSA) is 37.4 Å². The first-order chi connectivity index (χ1) is 7.64. The summed E-state index contributed by atoms with van der Waals surface area (Å²) in [5, 5.41) is -0.0642. The molecule has 1 aliphatic heterocycles. The molecule has 2 fully saturated rings. The second kappa shape index (κ2) is 5.05. The Labute approximate surface area is 99.3 Å². The fourth-order valence-electron chi connectivity index (χ4n) is 2.97. The van der Waals surface area contributed by atoms with Crippen LogP contribution in [0.4, 0.5) is 0 Å². The minimum atomic E-state index is -2.96. The maximum absolute atomic E-state index is 12.3. The van der Waals surface area contributed by atoms with Crippen molar-refractivity contribution >= 4 is 10.0 Å². The van der Waals surface area contributed by atoms with E-state index in [1.807, 2.05) is 0 Å². The first-order valence-electron chi connectivity index (χ1n) is 6.63. The van der Waals surface area contributed by atoms with Gasteiger partial charge in [0.2, 0.25) is 10.0 Å². The quantitative estimate of drug-likeness (QED) is 0.765. The summed E-state index contributed by atoms with van der Waals surface area (Å²) in [6.07, 6.45) is 7.26. The zero-order valence-corrected chi connectivity index (χ0v) is 11.0. The van der Waals surface area contributed by atoms with Gasteiger partial charge in [-0.15, -0.1) is 0 Å². The fourth-order valence-corrected chi connectivity index (χ4v) is 5.04. The maximum Gasteiger partial charge on any atom is 0.216 e. The molecular weight excluding hydrogens is 222 g/mol. The molecule has 4 heteroatoms. The van der Waals surface area contributed by atoms with Crippen LogP contribution in [-0.4, -0.2) is 31.1 Å². The van der Waals surface area contributed by atoms with E-state index in [2.05, 4.69) is 6.92 Å². The zero-order valence-electron chi connectivity index (χ0n) is 10.2. The van der Waals surface area contributed by atoms with Crippen LogP contribution >= 0.6 is 0 Å². The van der Waals surface area contributed by atoms with Crippen molar-refractivity contribution in [2.24, 2.45) is 5.92 Å². The van der Waals surface area contributed by atoms with E-state index in [1.165, 1.54) is 6.42 Å². The van der Waals surface area contributed by atoms with Gasteiger partial charge in [-0.05, 0) is 31.6 Å². The van der Waals surface area contributed by atoms with Gasteiger partial charge in [0.1, 0.15) is 0 Å². The average Bonchev–Trinajstić information content (AvgIpc) is 2.83. The molecule has 1 saturated carbocycles. The lowest BCUT2D eigenvalue weighted by Gasteiger charge is -2.32. The van der Waals surface area contributed by atoms with Crippen LogP contribution in [0.2, 0.25) is 0 Å². The van der Waals surface area contributed by atoms with Crippen LogP contribution in [0.1, 0.15) is 51.9 Å². The molecule has 0 N–H and O–H groups in total. The smallest absolute Gasteiger partial charge is 0.212 e. The van der Waals surface area contributed by atoms with Crippen LogP contribution in [0, 0.1) is 5.92 Å². The van der Waals surface area contributed by atoms with Gasteiger partial charge >= 0.3 is 0 Å². The van der Waals surface area contributed by atoms with Crippen molar-refractivity contribution in [2.45, 2.75) is 57.1 Å². The molecule has 0 amide bonds. The summed E-state index contributed by atoms with van der Waals surface area (Å²) in [6, 6.07) is 0. The molecule has 2 aliphatic rings. The van der Waals surface area contributed by atoms with Gasteiger partial charge in [0.05, 0.1) is 5.25 Å². The van der Waals surface area contributed by atoms with Gasteiger partial charge < -0.3 is 0 Å². The highest BCUT2D eigenvalue weighted by Gasteiger charge is 2.35. The van der Waals surface area contributed by atoms with Crippen LogP contribution in [0.5, 0.6) is 0 Å². The van der Waals surface area contributed by atoms with Crippen molar-refractivity contribution in [3.8, 4) is 0 Å². The Hall–Kier alpha value is -0.0900. The summed E-state index contributed by atoms with van der Waals surface area (Å²) in [4.78, 5) is 0. The molecule has 1 aliphatic carbocycles. The maximum atomic E-state index is 12.3. The molecule has 1 heterocycles. The monoisotopic (exact) mass is 245 g/mol. The summed E-state index contributed by atoms with van der Waals surface area (Å²) in [6.45, 7) is 3.72. The molecule has 0 aromatic carbocycles. The Morgan fingerprint density at radius 2 is 1.62 bits per heavy atom. The summed E-state index contributed by atoms with van der Waals surface area (Å²) in [5.41, 5.74) is 0. The van der Waals surface area contributed by atoms with Gasteiger partial charge in [0.15, 0.2) is 0 Å². The first kappa shape index (κ1) is 12.4. The third-order valence-electron chi connectivity index (χ3n) is 4.23. The van der Waals surface area contributed by atoms with Crippen molar-refractivity contribution in [3.63, 3.8) is 0 Å². The van der Waals surface area contributed by atoms with E-state index in [4.69, 9.17) is 0 Å². The number of rotatable bonds is 3. The molecule has 3 nitrogen and oxygen atoms in total. The number of piperidine rings is 1. The van der Waals surface area contributed by atoms with Crippen molar-refractivity contribution in [3.05, 3.63) is 0 Å². The van der Waals surface area contributed by atoms with Gasteiger partial charge in [0.25, 0.3) is 0 Å². The lowest BCUT2D eigenvalue weighted by atomic mass is 9.96. The third-order valence-corrected chi connectivity index (χ3v) is 6.63. The minimum Gasteiger partial charge on any atom is -0.212 e. The number of hydrogen-bond acceptors (Lipinski definition) is 2. The highest BCUT2D eigenvalue weighted by Crippen LogP contribution is 2.30. The lowest BCUT2D eigenvalue weighted by Crippen LogP contribution is -2.42. The minimum absolute atomic E-state index is 0.0642. The van der Waals surface area contributed by atoms with Gasteiger partial charge in [-0.2, -0.15) is 0 Å². The number of sulfonamides is 1. The summed E-state index contributed by atoms with van der Waals surface area (Å²) in [7, 11) is -2.96. The van der Waals surface area contributed by atoms with E-state index in [0.29, 0.717) is 0 Å². The molecule has 0 radical (unpaired) electrons. The van der Waals surface area contributed by atoms with E-state index in [0.717, 1.165) is 57.5 Å². The van der Waals surface area contributed by atoms with Crippen molar-refractivity contribution in [2.75, 3.05) is 13.1 Å². The second-order valence-electron chi connectivity index (χ2n) is 5.20. The number of hydrogen-bond donors (Lipinski definition) is 0. The molecule has 0 spiro atoms. The van der Waals surface area contributed by atoms with Gasteiger partial charge in [-0.3, -0.25) is 0 Å². The largest absolute Gasteiger partial charge is 0.216 e. The SMILES string of the molecule is CCC1CCN(S(=O)(=O)C2CCCC2)CC1. The van der Waals surface area contributed by atoms with Gasteiger partial charge in [-0.1, -0.05) is 26.2 Å². The van der Waals surface area contributed by atoms with Crippen LogP contribution in [0.3, 0.4) is 0 Å². The average molecular weight is 245 g/mol. The molecule has 0 aromatic rings. The van der Waals surface area contributed by atoms with Crippen molar-refractivity contribution in [1.82, 2.24) is 4.31 Å². The Balaban J connectivity index is 1.97. The molecule has 0 unspecified atom stereocenters. The Morgan fingerprint density at radius 1 is 1.06 bits per heavy atom. The molecule has 1 saturated heterocycles. The fraction of sp³-hybridized carbons (Fsp3) is 1.00. The highest BCUT2D eigenvalue weighted by molar-refractivity contribution is 7.89. The zero-order chi connectivity index (χ0) is 11.6. The van der Waals surface area contributed by atoms with E-state index < -0.39 is 10.0 Å². The standard InChI is InChI=1S/C12H23NO2S/c1-2-11-7-9-13(10-8-11)16(14,15)12-5-3-4-6-12/h11-12H,2-10H2,1H3.